The largest absolute Gasteiger partial charge is 0.473 e. The summed E-state index contributed by atoms with van der Waals surface area (Å²) in [6.45, 7) is 12.4. The van der Waals surface area contributed by atoms with E-state index in [1.54, 1.807) is 20.8 Å². The third kappa shape index (κ3) is 7.66. The van der Waals surface area contributed by atoms with Crippen molar-refractivity contribution in [3.05, 3.63) is 35.9 Å². The van der Waals surface area contributed by atoms with Gasteiger partial charge in [-0.05, 0) is 82.1 Å². The van der Waals surface area contributed by atoms with Gasteiger partial charge in [-0.25, -0.2) is 9.79 Å². The predicted molar refractivity (Wildman–Crippen MR) is 175 cm³/mol. The fourth-order valence-electron chi connectivity index (χ4n) is 6.77. The number of hydrogen-bond donors (Lipinski definition) is 1. The maximum Gasteiger partial charge on any atom is 0.329 e. The predicted octanol–water partition coefficient (Wildman–Crippen LogP) is 6.32. The molecule has 0 spiro atoms. The van der Waals surface area contributed by atoms with Crippen molar-refractivity contribution < 1.29 is 37.4 Å². The molecule has 10 nitrogen and oxygen atoms in total. The van der Waals surface area contributed by atoms with E-state index in [1.165, 1.54) is 29.2 Å². The maximum absolute atomic E-state index is 16.1. The fraction of sp³-hybridized carbons (Fsp3) is 0.639. The third-order valence-corrected chi connectivity index (χ3v) is 9.46. The van der Waals surface area contributed by atoms with Crippen molar-refractivity contribution in [1.82, 2.24) is 4.90 Å². The number of carbonyl (C=O) groups excluding carboxylic acids is 3. The quantitative estimate of drug-likeness (QED) is 0.287. The number of benzene rings is 1. The lowest BCUT2D eigenvalue weighted by molar-refractivity contribution is -0.167. The molecule has 1 aromatic rings. The minimum Gasteiger partial charge on any atom is -0.473 e. The van der Waals surface area contributed by atoms with Crippen LogP contribution in [-0.4, -0.2) is 71.0 Å². The molecule has 0 aromatic heterocycles. The second kappa shape index (κ2) is 13.1. The Morgan fingerprint density at radius 3 is 2.54 bits per heavy atom. The van der Waals surface area contributed by atoms with Crippen LogP contribution in [0, 0.1) is 34.5 Å². The van der Waals surface area contributed by atoms with Gasteiger partial charge in [0, 0.05) is 5.92 Å². The van der Waals surface area contributed by atoms with E-state index in [-0.39, 0.29) is 36.6 Å². The van der Waals surface area contributed by atoms with Gasteiger partial charge in [0.15, 0.2) is 6.04 Å². The zero-order valence-corrected chi connectivity index (χ0v) is 28.7. The first-order valence-corrected chi connectivity index (χ1v) is 16.8. The smallest absolute Gasteiger partial charge is 0.329 e. The van der Waals surface area contributed by atoms with Gasteiger partial charge in [0.05, 0.1) is 41.9 Å². The number of allylic oxidation sites excluding steroid dienone is 1. The number of hydrogen-bond acceptors (Lipinski definition) is 9. The van der Waals surface area contributed by atoms with E-state index in [1.807, 2.05) is 33.8 Å². The van der Waals surface area contributed by atoms with Crippen LogP contribution in [0.5, 0.6) is 0 Å². The molecule has 1 amide bonds. The number of ether oxygens (including phenoxy) is 3. The molecule has 0 radical (unpaired) electrons. The van der Waals surface area contributed by atoms with Crippen LogP contribution in [-0.2, 0) is 28.6 Å². The van der Waals surface area contributed by atoms with Crippen molar-refractivity contribution >= 4 is 35.1 Å². The Balaban J connectivity index is 1.60. The second-order valence-corrected chi connectivity index (χ2v) is 15.4. The molecule has 1 saturated heterocycles. The molecule has 260 valence electrons. The van der Waals surface area contributed by atoms with Crippen LogP contribution in [0.1, 0.15) is 86.1 Å². The van der Waals surface area contributed by atoms with Gasteiger partial charge in [0.1, 0.15) is 23.9 Å². The lowest BCUT2D eigenvalue weighted by atomic mass is 9.77. The molecule has 4 aliphatic rings. The molecule has 1 aliphatic carbocycles. The first kappa shape index (κ1) is 35.3. The van der Waals surface area contributed by atoms with Crippen LogP contribution in [0.2, 0.25) is 0 Å². The maximum atomic E-state index is 16.1. The van der Waals surface area contributed by atoms with Gasteiger partial charge in [-0.15, -0.1) is 0 Å². The van der Waals surface area contributed by atoms with E-state index in [0.717, 1.165) is 6.08 Å². The van der Waals surface area contributed by atoms with Crippen molar-refractivity contribution in [2.24, 2.45) is 28.2 Å². The highest BCUT2D eigenvalue weighted by atomic mass is 19.3. The molecule has 1 aromatic carbocycles. The molecular weight excluding hydrogens is 622 g/mol. The van der Waals surface area contributed by atoms with Gasteiger partial charge in [0.2, 0.25) is 11.8 Å². The number of anilines is 1. The lowest BCUT2D eigenvalue weighted by Crippen LogP contribution is -2.50. The number of nitriles is 1. The molecule has 1 saturated carbocycles. The van der Waals surface area contributed by atoms with Crippen molar-refractivity contribution in [1.29, 1.82) is 5.26 Å². The number of aliphatic imine (C=N–C) groups is 1. The molecule has 3 aliphatic heterocycles. The van der Waals surface area contributed by atoms with Crippen molar-refractivity contribution in [2.45, 2.75) is 116 Å². The third-order valence-electron chi connectivity index (χ3n) is 9.46. The summed E-state index contributed by atoms with van der Waals surface area (Å²) < 4.78 is 50.0. The topological polar surface area (TPSA) is 130 Å². The molecule has 7 atom stereocenters. The average Bonchev–Trinajstić information content (AvgIpc) is 3.61. The lowest BCUT2D eigenvalue weighted by Gasteiger charge is -2.35. The van der Waals surface area contributed by atoms with Gasteiger partial charge in [-0.1, -0.05) is 33.8 Å². The Labute approximate surface area is 280 Å². The van der Waals surface area contributed by atoms with Crippen molar-refractivity contribution in [3.8, 4) is 6.07 Å². The Morgan fingerprint density at radius 2 is 1.90 bits per heavy atom. The van der Waals surface area contributed by atoms with Gasteiger partial charge < -0.3 is 24.4 Å². The first-order valence-electron chi connectivity index (χ1n) is 16.8. The average molecular weight is 669 g/mol. The number of esters is 2. The van der Waals surface area contributed by atoms with Gasteiger partial charge in [0.25, 0.3) is 5.92 Å². The number of alkyl halides is 2. The summed E-state index contributed by atoms with van der Waals surface area (Å²) in [5, 5.41) is 12.3. The van der Waals surface area contributed by atoms with E-state index in [4.69, 9.17) is 14.2 Å². The minimum absolute atomic E-state index is 0.0468. The van der Waals surface area contributed by atoms with E-state index in [2.05, 4.69) is 10.3 Å². The normalized spacial score (nSPS) is 31.1. The summed E-state index contributed by atoms with van der Waals surface area (Å²) in [5.41, 5.74) is -0.682. The fourth-order valence-corrected chi connectivity index (χ4v) is 6.77. The summed E-state index contributed by atoms with van der Waals surface area (Å²) in [6.07, 6.45) is 2.75. The molecule has 12 heteroatoms. The Morgan fingerprint density at radius 1 is 1.17 bits per heavy atom. The highest BCUT2D eigenvalue weighted by molar-refractivity contribution is 5.95. The number of nitrogens with one attached hydrogen (secondary N) is 1. The second-order valence-electron chi connectivity index (χ2n) is 15.4. The SMILES string of the molecule is CC[C@@H]1[C@@H]2CN(C(=O)[C@H](C(C)(C)C)CC(=O)O[C@@H]3C[C@H]3CC/C=C/C(F)(F)C3Nc4ccc(C#N)cc4N=C3O2)[C@@H]1C(=O)OC(C)(C)C. The van der Waals surface area contributed by atoms with Crippen LogP contribution in [0.3, 0.4) is 0 Å². The van der Waals surface area contributed by atoms with Crippen LogP contribution < -0.4 is 5.32 Å². The van der Waals surface area contributed by atoms with E-state index >= 15 is 8.78 Å². The monoisotopic (exact) mass is 668 g/mol. The van der Waals surface area contributed by atoms with E-state index in [9.17, 15) is 19.6 Å². The number of amides is 1. The van der Waals surface area contributed by atoms with Crippen LogP contribution in [0.4, 0.5) is 20.2 Å². The summed E-state index contributed by atoms with van der Waals surface area (Å²) in [7, 11) is 0. The molecule has 48 heavy (non-hydrogen) atoms. The Hall–Kier alpha value is -4.01. The zero-order chi connectivity index (χ0) is 35.2. The molecule has 1 N–H and O–H groups in total. The van der Waals surface area contributed by atoms with E-state index < -0.39 is 64.8 Å². The van der Waals surface area contributed by atoms with Gasteiger partial charge in [-0.2, -0.15) is 14.0 Å². The summed E-state index contributed by atoms with van der Waals surface area (Å²) in [4.78, 5) is 47.4. The Bertz CT molecular complexity index is 1540. The number of fused-ring (bicyclic) bond motifs is 5. The molecule has 2 bridgehead atoms. The number of halogens is 2. The van der Waals surface area contributed by atoms with Crippen molar-refractivity contribution in [2.75, 3.05) is 11.9 Å². The molecular formula is C36H46F2N4O6. The summed E-state index contributed by atoms with van der Waals surface area (Å²) in [6, 6.07) is 3.77. The highest BCUT2D eigenvalue weighted by Crippen LogP contribution is 2.43. The van der Waals surface area contributed by atoms with Crippen molar-refractivity contribution in [3.63, 3.8) is 0 Å². The zero-order valence-electron chi connectivity index (χ0n) is 28.7. The molecule has 2 fully saturated rings. The minimum atomic E-state index is -3.46. The van der Waals surface area contributed by atoms with Crippen LogP contribution in [0.15, 0.2) is 35.3 Å². The van der Waals surface area contributed by atoms with Gasteiger partial charge >= 0.3 is 11.9 Å². The molecule has 5 rings (SSSR count). The number of carbonyl (C=O) groups is 3. The first-order chi connectivity index (χ1) is 22.4. The summed E-state index contributed by atoms with van der Waals surface area (Å²) in [5.74, 6) is -6.80. The Kier molecular flexibility index (Phi) is 9.65. The molecule has 1 unspecified atom stereocenters. The van der Waals surface area contributed by atoms with E-state index in [0.29, 0.717) is 36.9 Å². The summed E-state index contributed by atoms with van der Waals surface area (Å²) >= 11 is 0. The molecule has 3 heterocycles. The number of rotatable bonds is 2. The standard InChI is InChI=1S/C36H46F2N4O6/c1-8-22-27-19-42(29(22)33(45)48-35(5,6)7)32(44)23(34(2,3)4)17-28(43)46-26-16-21(26)11-9-10-14-36(37,38)30-31(47-27)41-25-15-20(18-39)12-13-24(25)40-30/h10,12-15,21-23,26-27,29-30,40H,8-9,11,16-17,19H2,1-7H3/b14-10+/t21-,22-,23-,26-,27+,29+,30?/m1/s1. The number of nitrogens with zero attached hydrogens (tertiary/aromatic N) is 3. The van der Waals surface area contributed by atoms with Gasteiger partial charge in [-0.3, -0.25) is 9.59 Å². The highest BCUT2D eigenvalue weighted by Gasteiger charge is 2.54. The van der Waals surface area contributed by atoms with Crippen LogP contribution >= 0.6 is 0 Å². The van der Waals surface area contributed by atoms with Crippen LogP contribution in [0.25, 0.3) is 0 Å².